The van der Waals surface area contributed by atoms with Crippen molar-refractivity contribution >= 4 is 23.5 Å². The van der Waals surface area contributed by atoms with E-state index in [-0.39, 0.29) is 48.6 Å². The fraction of sp³-hybridized carbons (Fsp3) is 0.842. The summed E-state index contributed by atoms with van der Waals surface area (Å²) in [4.78, 5) is 45.6. The summed E-state index contributed by atoms with van der Waals surface area (Å²) in [6.07, 6.45) is 17.7. The SMILES string of the molecule is CCCCC(C[NH2+]CC1CCCCC1)COC(=O)C12OC1(CC=C(C)CC(NC(N)=[NH+]C)C1CC[NH2+]C(N)C1)C(=O)C1CCCCC1C2=O. The van der Waals surface area contributed by atoms with Crippen LogP contribution in [0.5, 0.6) is 0 Å². The Morgan fingerprint density at radius 3 is 2.53 bits per heavy atom. The van der Waals surface area contributed by atoms with Crippen molar-refractivity contribution in [2.75, 3.05) is 33.3 Å². The van der Waals surface area contributed by atoms with Crippen LogP contribution < -0.4 is 32.4 Å². The third-order valence-electron chi connectivity index (χ3n) is 12.5. The summed E-state index contributed by atoms with van der Waals surface area (Å²) < 4.78 is 12.3. The van der Waals surface area contributed by atoms with Crippen LogP contribution in [0.2, 0.25) is 0 Å². The molecule has 0 amide bonds. The molecule has 2 aliphatic heterocycles. The van der Waals surface area contributed by atoms with Gasteiger partial charge in [0.15, 0.2) is 17.2 Å². The number of quaternary nitrogens is 2. The zero-order valence-corrected chi connectivity index (χ0v) is 30.6. The maximum absolute atomic E-state index is 14.3. The van der Waals surface area contributed by atoms with Gasteiger partial charge in [0.25, 0.3) is 5.60 Å². The lowest BCUT2D eigenvalue weighted by atomic mass is 9.61. The Morgan fingerprint density at radius 2 is 1.84 bits per heavy atom. The Hall–Kier alpha value is -2.34. The maximum Gasteiger partial charge on any atom is 0.350 e. The molecule has 0 radical (unpaired) electrons. The van der Waals surface area contributed by atoms with Crippen LogP contribution in [-0.4, -0.2) is 80.2 Å². The number of ether oxygens (including phenoxy) is 2. The van der Waals surface area contributed by atoms with Gasteiger partial charge in [-0.15, -0.1) is 0 Å². The number of esters is 1. The number of unbranched alkanes of at least 4 members (excludes halogenated alkanes) is 1. The third-order valence-corrected chi connectivity index (χ3v) is 12.5. The minimum Gasteiger partial charge on any atom is -0.463 e. The first-order chi connectivity index (χ1) is 23.6. The molecule has 5 aliphatic rings. The molecule has 5 fully saturated rings. The molecule has 11 heteroatoms. The Morgan fingerprint density at radius 1 is 1.12 bits per heavy atom. The monoisotopic (exact) mass is 688 g/mol. The van der Waals surface area contributed by atoms with E-state index in [1.54, 1.807) is 7.05 Å². The predicted octanol–water partition coefficient (Wildman–Crippen LogP) is -0.0863. The second kappa shape index (κ2) is 17.2. The van der Waals surface area contributed by atoms with Crippen molar-refractivity contribution in [2.45, 2.75) is 140 Å². The first-order valence-electron chi connectivity index (χ1n) is 19.7. The number of piperidine rings is 1. The molecule has 3 saturated carbocycles. The van der Waals surface area contributed by atoms with Gasteiger partial charge in [0.05, 0.1) is 39.3 Å². The number of ketones is 2. The molecule has 2 heterocycles. The molecule has 0 aromatic rings. The minimum absolute atomic E-state index is 0.0529. The number of nitrogens with one attached hydrogen (secondary N) is 2. The van der Waals surface area contributed by atoms with Gasteiger partial charge in [-0.25, -0.2) is 4.79 Å². The van der Waals surface area contributed by atoms with E-state index >= 15 is 0 Å². The van der Waals surface area contributed by atoms with E-state index in [0.29, 0.717) is 31.1 Å². The highest BCUT2D eigenvalue weighted by atomic mass is 16.7. The lowest BCUT2D eigenvalue weighted by Crippen LogP contribution is -2.95. The van der Waals surface area contributed by atoms with Crippen LogP contribution in [0.4, 0.5) is 0 Å². The second-order valence-electron chi connectivity index (χ2n) is 16.1. The van der Waals surface area contributed by atoms with Gasteiger partial charge in [0.2, 0.25) is 0 Å². The number of fused-ring (bicyclic) bond motifs is 2. The van der Waals surface area contributed by atoms with Crippen LogP contribution in [0.25, 0.3) is 0 Å². The number of hydrogen-bond acceptors (Lipinski definition) is 6. The van der Waals surface area contributed by atoms with Gasteiger partial charge >= 0.3 is 11.9 Å². The average Bonchev–Trinajstić information content (AvgIpc) is 3.83. The van der Waals surface area contributed by atoms with E-state index < -0.39 is 23.1 Å². The molecule has 5 rings (SSSR count). The number of epoxide rings is 1. The highest BCUT2D eigenvalue weighted by molar-refractivity contribution is 6.23. The van der Waals surface area contributed by atoms with Crippen molar-refractivity contribution in [2.24, 2.45) is 41.1 Å². The fourth-order valence-corrected chi connectivity index (χ4v) is 9.48. The van der Waals surface area contributed by atoms with Crippen LogP contribution in [0.3, 0.4) is 0 Å². The van der Waals surface area contributed by atoms with Crippen LogP contribution in [0.15, 0.2) is 11.6 Å². The summed E-state index contributed by atoms with van der Waals surface area (Å²) in [5, 5.41) is 8.02. The van der Waals surface area contributed by atoms with Gasteiger partial charge in [-0.05, 0) is 39.0 Å². The van der Waals surface area contributed by atoms with Crippen LogP contribution in [0.1, 0.15) is 117 Å². The molecule has 11 nitrogen and oxygen atoms in total. The molecule has 0 aromatic heterocycles. The van der Waals surface area contributed by atoms with Crippen molar-refractivity contribution < 1.29 is 39.5 Å². The predicted molar refractivity (Wildman–Crippen MR) is 188 cm³/mol. The summed E-state index contributed by atoms with van der Waals surface area (Å²) in [6, 6.07) is 0.0529. The quantitative estimate of drug-likeness (QED) is 0.0325. The van der Waals surface area contributed by atoms with Crippen molar-refractivity contribution in [3.05, 3.63) is 11.6 Å². The molecule has 0 bridgehead atoms. The van der Waals surface area contributed by atoms with E-state index in [9.17, 15) is 14.4 Å². The third kappa shape index (κ3) is 8.59. The molecular weight excluding hydrogens is 620 g/mol. The summed E-state index contributed by atoms with van der Waals surface area (Å²) in [7, 11) is 1.79. The van der Waals surface area contributed by atoms with Crippen LogP contribution in [0, 0.1) is 29.6 Å². The molecule has 8 unspecified atom stereocenters. The Labute approximate surface area is 293 Å². The van der Waals surface area contributed by atoms with Gasteiger partial charge in [-0.2, -0.15) is 0 Å². The van der Waals surface area contributed by atoms with Gasteiger partial charge in [-0.1, -0.05) is 63.5 Å². The molecule has 0 aromatic carbocycles. The summed E-state index contributed by atoms with van der Waals surface area (Å²) in [6.45, 7) is 7.46. The van der Waals surface area contributed by atoms with Gasteiger partial charge < -0.3 is 20.1 Å². The zero-order chi connectivity index (χ0) is 35.0. The van der Waals surface area contributed by atoms with Gasteiger partial charge in [-0.3, -0.25) is 31.4 Å². The van der Waals surface area contributed by atoms with Crippen molar-refractivity contribution in [1.29, 1.82) is 0 Å². The van der Waals surface area contributed by atoms with Crippen molar-refractivity contribution in [3.63, 3.8) is 0 Å². The van der Waals surface area contributed by atoms with E-state index in [0.717, 1.165) is 76.1 Å². The lowest BCUT2D eigenvalue weighted by Gasteiger charge is -2.36. The summed E-state index contributed by atoms with van der Waals surface area (Å²) in [5.41, 5.74) is 10.2. The smallest absolute Gasteiger partial charge is 0.350 e. The molecule has 0 spiro atoms. The largest absolute Gasteiger partial charge is 0.463 e. The normalized spacial score (nSPS) is 33.7. The van der Waals surface area contributed by atoms with Gasteiger partial charge in [0, 0.05) is 55.3 Å². The van der Waals surface area contributed by atoms with Crippen molar-refractivity contribution in [3.8, 4) is 0 Å². The van der Waals surface area contributed by atoms with E-state index in [1.807, 2.05) is 13.0 Å². The summed E-state index contributed by atoms with van der Waals surface area (Å²) in [5.74, 6) is -0.00169. The van der Waals surface area contributed by atoms with Crippen molar-refractivity contribution in [1.82, 2.24) is 5.32 Å². The highest BCUT2D eigenvalue weighted by Crippen LogP contribution is 2.61. The number of carbonyl (C=O) groups is 3. The molecule has 2 saturated heterocycles. The van der Waals surface area contributed by atoms with E-state index in [2.05, 4.69) is 27.9 Å². The second-order valence-corrected chi connectivity index (χ2v) is 16.1. The van der Waals surface area contributed by atoms with Crippen LogP contribution >= 0.6 is 0 Å². The Kier molecular flexibility index (Phi) is 13.3. The van der Waals surface area contributed by atoms with Crippen LogP contribution in [-0.2, 0) is 23.9 Å². The maximum atomic E-state index is 14.3. The number of guanidine groups is 1. The first kappa shape index (κ1) is 37.9. The Balaban J connectivity index is 1.29. The number of hydrogen-bond donors (Lipinski definition) is 6. The number of carbonyl (C=O) groups excluding carboxylic acids is 3. The topological polar surface area (TPSA) is 184 Å². The number of nitrogens with two attached hydrogens (primary N) is 4. The average molecular weight is 688 g/mol. The first-order valence-corrected chi connectivity index (χ1v) is 19.7. The number of Topliss-reactive ketones (excluding diaryl/α,β-unsaturated/α-hetero) is 2. The minimum atomic E-state index is -1.82. The molecule has 49 heavy (non-hydrogen) atoms. The molecule has 3 aliphatic carbocycles. The van der Waals surface area contributed by atoms with E-state index in [4.69, 9.17) is 20.9 Å². The molecule has 10 N–H and O–H groups in total. The lowest BCUT2D eigenvalue weighted by molar-refractivity contribution is -0.699. The standard InChI is InChI=1S/C38H64N6O5/c1-4-5-11-27(23-42-22-26-12-7-6-8-13-26)24-48-35(47)38-34(46)30-15-10-9-14-29(30)33(45)37(38,49-38)18-16-25(2)20-31(44-36(40)41-3)28-17-19-43-32(39)21-28/h16,26-32,42-43H,4-15,17-24,39H2,1-3H3,(H3,40,41,44)/p+3. The highest BCUT2D eigenvalue weighted by Gasteiger charge is 2.86. The molecule has 8 atom stereocenters. The van der Waals surface area contributed by atoms with E-state index in [1.165, 1.54) is 32.1 Å². The molecule has 276 valence electrons. The fourth-order valence-electron chi connectivity index (χ4n) is 9.48. The molecular formula is C38H67N6O5+3. The van der Waals surface area contributed by atoms with Gasteiger partial charge in [0.1, 0.15) is 6.17 Å². The number of rotatable bonds is 16. The zero-order valence-electron chi connectivity index (χ0n) is 30.6. The summed E-state index contributed by atoms with van der Waals surface area (Å²) >= 11 is 0. The Bertz CT molecular complexity index is 1220.